The second kappa shape index (κ2) is 8.81. The number of carbonyl (C=O) groups is 2. The van der Waals surface area contributed by atoms with Crippen LogP contribution in [0.5, 0.6) is 0 Å². The van der Waals surface area contributed by atoms with Crippen molar-refractivity contribution >= 4 is 35.0 Å². The van der Waals surface area contributed by atoms with Crippen molar-refractivity contribution < 1.29 is 14.3 Å². The summed E-state index contributed by atoms with van der Waals surface area (Å²) in [5, 5.41) is 3.75. The van der Waals surface area contributed by atoms with Crippen molar-refractivity contribution in [1.82, 2.24) is 9.55 Å². The second-order valence-electron chi connectivity index (χ2n) is 7.98. The number of imidazole rings is 1. The highest BCUT2D eigenvalue weighted by molar-refractivity contribution is 7.99. The molecule has 3 heterocycles. The lowest BCUT2D eigenvalue weighted by molar-refractivity contribution is -0.117. The number of para-hydroxylation sites is 2. The normalized spacial score (nSPS) is 21.3. The van der Waals surface area contributed by atoms with E-state index in [1.165, 1.54) is 11.8 Å². The summed E-state index contributed by atoms with van der Waals surface area (Å²) in [5.74, 6) is 0.156. The average molecular weight is 429 g/mol. The Morgan fingerprint density at radius 3 is 2.90 bits per heavy atom. The van der Waals surface area contributed by atoms with Gasteiger partial charge in [-0.15, -0.1) is 0 Å². The van der Waals surface area contributed by atoms with Crippen molar-refractivity contribution in [2.75, 3.05) is 22.6 Å². The Balaban J connectivity index is 1.52. The van der Waals surface area contributed by atoms with E-state index in [2.05, 4.69) is 16.8 Å². The van der Waals surface area contributed by atoms with Gasteiger partial charge in [0, 0.05) is 24.8 Å². The van der Waals surface area contributed by atoms with Gasteiger partial charge >= 0.3 is 0 Å². The van der Waals surface area contributed by atoms with E-state index in [0.717, 1.165) is 48.2 Å². The summed E-state index contributed by atoms with van der Waals surface area (Å²) < 4.78 is 7.98. The molecule has 2 atom stereocenters. The van der Waals surface area contributed by atoms with Crippen LogP contribution in [0.3, 0.4) is 0 Å². The minimum atomic E-state index is -0.211. The fourth-order valence-electron chi connectivity index (χ4n) is 4.10. The van der Waals surface area contributed by atoms with Gasteiger partial charge in [-0.3, -0.25) is 9.59 Å². The van der Waals surface area contributed by atoms with E-state index in [1.807, 2.05) is 38.1 Å². The van der Waals surface area contributed by atoms with Gasteiger partial charge in [-0.1, -0.05) is 23.9 Å². The molecule has 7 nitrogen and oxygen atoms in total. The number of benzene rings is 1. The van der Waals surface area contributed by atoms with Crippen LogP contribution < -0.4 is 10.2 Å². The zero-order chi connectivity index (χ0) is 21.3. The summed E-state index contributed by atoms with van der Waals surface area (Å²) in [6, 6.07) is 7.25. The topological polar surface area (TPSA) is 76.5 Å². The van der Waals surface area contributed by atoms with Crippen LogP contribution in [0.4, 0.5) is 11.4 Å². The van der Waals surface area contributed by atoms with E-state index in [4.69, 9.17) is 9.72 Å². The van der Waals surface area contributed by atoms with Gasteiger partial charge in [-0.05, 0) is 45.7 Å². The molecule has 2 aliphatic heterocycles. The van der Waals surface area contributed by atoms with Crippen LogP contribution in [0.25, 0.3) is 0 Å². The highest BCUT2D eigenvalue weighted by Gasteiger charge is 2.30. The minimum absolute atomic E-state index is 0.0292. The summed E-state index contributed by atoms with van der Waals surface area (Å²) in [5.41, 5.74) is 3.52. The lowest BCUT2D eigenvalue weighted by atomic mass is 10.2. The Labute approximate surface area is 181 Å². The number of nitrogens with one attached hydrogen (secondary N) is 1. The molecule has 1 N–H and O–H groups in total. The zero-order valence-electron chi connectivity index (χ0n) is 17.7. The molecule has 30 heavy (non-hydrogen) atoms. The molecule has 8 heteroatoms. The molecule has 1 fully saturated rings. The molecule has 160 valence electrons. The Hall–Kier alpha value is -2.32. The van der Waals surface area contributed by atoms with Gasteiger partial charge in [0.05, 0.1) is 35.5 Å². The number of amides is 2. The average Bonchev–Trinajstić information content (AvgIpc) is 3.28. The van der Waals surface area contributed by atoms with E-state index in [9.17, 15) is 9.59 Å². The van der Waals surface area contributed by atoms with Crippen LogP contribution in [0.1, 0.15) is 37.6 Å². The standard InChI is InChI=1S/C22H28N4O3S/c1-14-11-20(27)24-18-8-4-5-9-19(18)26(14)21(28)13-30-22-23-15(2)16(3)25(22)12-17-7-6-10-29-17/h4-5,8-9,14,17H,6-7,10-13H2,1-3H3,(H,24,27)/t14-,17-/m0/s1. The molecule has 0 unspecified atom stereocenters. The van der Waals surface area contributed by atoms with Crippen LogP contribution >= 0.6 is 11.8 Å². The summed E-state index contributed by atoms with van der Waals surface area (Å²) >= 11 is 1.45. The summed E-state index contributed by atoms with van der Waals surface area (Å²) in [6.07, 6.45) is 2.64. The third kappa shape index (κ3) is 4.25. The molecule has 1 aromatic carbocycles. The molecule has 0 aliphatic carbocycles. The van der Waals surface area contributed by atoms with Crippen LogP contribution in [-0.4, -0.2) is 45.9 Å². The largest absolute Gasteiger partial charge is 0.376 e. The molecule has 2 amide bonds. The van der Waals surface area contributed by atoms with Crippen LogP contribution in [0.2, 0.25) is 0 Å². The van der Waals surface area contributed by atoms with Crippen molar-refractivity contribution in [2.45, 2.75) is 63.9 Å². The van der Waals surface area contributed by atoms with Gasteiger partial charge < -0.3 is 19.5 Å². The maximum Gasteiger partial charge on any atom is 0.237 e. The van der Waals surface area contributed by atoms with Gasteiger partial charge in [0.1, 0.15) is 0 Å². The van der Waals surface area contributed by atoms with Gasteiger partial charge in [0.2, 0.25) is 11.8 Å². The quantitative estimate of drug-likeness (QED) is 0.738. The maximum absolute atomic E-state index is 13.3. The third-order valence-electron chi connectivity index (χ3n) is 5.79. The van der Waals surface area contributed by atoms with Crippen molar-refractivity contribution in [3.05, 3.63) is 35.7 Å². The van der Waals surface area contributed by atoms with Crippen molar-refractivity contribution in [2.24, 2.45) is 0 Å². The molecule has 0 radical (unpaired) electrons. The number of nitrogens with zero attached hydrogens (tertiary/aromatic N) is 3. The first-order valence-electron chi connectivity index (χ1n) is 10.4. The Kier molecular flexibility index (Phi) is 6.15. The monoisotopic (exact) mass is 428 g/mol. The van der Waals surface area contributed by atoms with Crippen LogP contribution in [0, 0.1) is 13.8 Å². The molecule has 2 aliphatic rings. The SMILES string of the molecule is Cc1nc(SCC(=O)N2c3ccccc3NC(=O)C[C@@H]2C)n(C[C@@H]2CCCO2)c1C. The summed E-state index contributed by atoms with van der Waals surface area (Å²) in [7, 11) is 0. The summed E-state index contributed by atoms with van der Waals surface area (Å²) in [4.78, 5) is 31.9. The number of aryl methyl sites for hydroxylation is 1. The highest BCUT2D eigenvalue weighted by atomic mass is 32.2. The molecule has 4 rings (SSSR count). The third-order valence-corrected chi connectivity index (χ3v) is 6.75. The Bertz CT molecular complexity index is 952. The number of anilines is 2. The van der Waals surface area contributed by atoms with Crippen molar-refractivity contribution in [3.63, 3.8) is 0 Å². The molecule has 0 spiro atoms. The van der Waals surface area contributed by atoms with E-state index in [-0.39, 0.29) is 36.1 Å². The number of carbonyl (C=O) groups excluding carboxylic acids is 2. The van der Waals surface area contributed by atoms with Crippen molar-refractivity contribution in [1.29, 1.82) is 0 Å². The second-order valence-corrected chi connectivity index (χ2v) is 8.92. The van der Waals surface area contributed by atoms with Gasteiger partial charge in [0.25, 0.3) is 0 Å². The number of fused-ring (bicyclic) bond motifs is 1. The zero-order valence-corrected chi connectivity index (χ0v) is 18.5. The number of ether oxygens (including phenoxy) is 1. The number of thioether (sulfide) groups is 1. The van der Waals surface area contributed by atoms with Crippen LogP contribution in [-0.2, 0) is 20.9 Å². The summed E-state index contributed by atoms with van der Waals surface area (Å²) in [6.45, 7) is 7.56. The number of hydrogen-bond acceptors (Lipinski definition) is 5. The molecule has 0 bridgehead atoms. The van der Waals surface area contributed by atoms with E-state index in [0.29, 0.717) is 5.69 Å². The van der Waals surface area contributed by atoms with Crippen molar-refractivity contribution in [3.8, 4) is 0 Å². The molecule has 1 saturated heterocycles. The number of rotatable bonds is 5. The molecular formula is C22H28N4O3S. The minimum Gasteiger partial charge on any atom is -0.376 e. The number of hydrogen-bond donors (Lipinski definition) is 1. The molecule has 0 saturated carbocycles. The van der Waals surface area contributed by atoms with E-state index in [1.54, 1.807) is 4.90 Å². The first-order chi connectivity index (χ1) is 14.4. The smallest absolute Gasteiger partial charge is 0.237 e. The maximum atomic E-state index is 13.3. The predicted molar refractivity (Wildman–Crippen MR) is 118 cm³/mol. The van der Waals surface area contributed by atoms with Gasteiger partial charge in [0.15, 0.2) is 5.16 Å². The van der Waals surface area contributed by atoms with Gasteiger partial charge in [-0.25, -0.2) is 4.98 Å². The molecule has 2 aromatic rings. The van der Waals surface area contributed by atoms with E-state index < -0.39 is 0 Å². The fourth-order valence-corrected chi connectivity index (χ4v) is 5.06. The highest BCUT2D eigenvalue weighted by Crippen LogP contribution is 2.32. The number of aromatic nitrogens is 2. The lowest BCUT2D eigenvalue weighted by Crippen LogP contribution is -2.40. The van der Waals surface area contributed by atoms with Crippen LogP contribution in [0.15, 0.2) is 29.4 Å². The first-order valence-corrected chi connectivity index (χ1v) is 11.4. The fraction of sp³-hybridized carbons (Fsp3) is 0.500. The molecular weight excluding hydrogens is 400 g/mol. The van der Waals surface area contributed by atoms with E-state index >= 15 is 0 Å². The Morgan fingerprint density at radius 2 is 2.13 bits per heavy atom. The lowest BCUT2D eigenvalue weighted by Gasteiger charge is -2.27. The first kappa shape index (κ1) is 20.9. The molecule has 1 aromatic heterocycles. The predicted octanol–water partition coefficient (Wildman–Crippen LogP) is 3.53. The Morgan fingerprint density at radius 1 is 1.33 bits per heavy atom. The van der Waals surface area contributed by atoms with Gasteiger partial charge in [-0.2, -0.15) is 0 Å².